The van der Waals surface area contributed by atoms with E-state index in [0.717, 1.165) is 12.8 Å². The SMILES string of the molecule is CCC1(CC)COP(C)(=O)OC1N. The first-order chi connectivity index (χ1) is 5.96. The smallest absolute Gasteiger partial charge is 0.308 e. The average molecular weight is 207 g/mol. The highest BCUT2D eigenvalue weighted by atomic mass is 31.2. The Morgan fingerprint density at radius 2 is 2.08 bits per heavy atom. The van der Waals surface area contributed by atoms with Gasteiger partial charge in [0.05, 0.1) is 6.61 Å². The molecule has 1 fully saturated rings. The lowest BCUT2D eigenvalue weighted by Crippen LogP contribution is -2.48. The van der Waals surface area contributed by atoms with Crippen molar-refractivity contribution < 1.29 is 13.6 Å². The number of rotatable bonds is 2. The molecule has 1 heterocycles. The largest absolute Gasteiger partial charge is 0.329 e. The Balaban J connectivity index is 2.77. The Kier molecular flexibility index (Phi) is 3.18. The zero-order valence-electron chi connectivity index (χ0n) is 8.45. The second-order valence-corrected chi connectivity index (χ2v) is 5.65. The molecule has 1 aliphatic rings. The van der Waals surface area contributed by atoms with Gasteiger partial charge in [0.15, 0.2) is 0 Å². The zero-order chi connectivity index (χ0) is 10.1. The molecule has 0 aromatic rings. The van der Waals surface area contributed by atoms with E-state index in [1.54, 1.807) is 0 Å². The van der Waals surface area contributed by atoms with Crippen LogP contribution in [0.5, 0.6) is 0 Å². The van der Waals surface area contributed by atoms with Crippen LogP contribution in [0.4, 0.5) is 0 Å². The molecular formula is C8H18NO3P. The molecule has 1 aliphatic heterocycles. The number of nitrogens with two attached hydrogens (primary N) is 1. The van der Waals surface area contributed by atoms with E-state index in [-0.39, 0.29) is 5.41 Å². The second kappa shape index (κ2) is 3.70. The molecule has 0 saturated carbocycles. The molecule has 0 amide bonds. The van der Waals surface area contributed by atoms with Crippen LogP contribution in [-0.2, 0) is 13.6 Å². The molecule has 0 bridgehead atoms. The highest BCUT2D eigenvalue weighted by Crippen LogP contribution is 2.53. The molecular weight excluding hydrogens is 189 g/mol. The lowest BCUT2D eigenvalue weighted by atomic mass is 9.82. The fourth-order valence-electron chi connectivity index (χ4n) is 1.53. The summed E-state index contributed by atoms with van der Waals surface area (Å²) < 4.78 is 21.8. The quantitative estimate of drug-likeness (QED) is 0.703. The van der Waals surface area contributed by atoms with Gasteiger partial charge in [0.2, 0.25) is 0 Å². The Labute approximate surface area is 79.3 Å². The van der Waals surface area contributed by atoms with E-state index in [0.29, 0.717) is 6.61 Å². The molecule has 1 saturated heterocycles. The maximum atomic E-state index is 11.4. The summed E-state index contributed by atoms with van der Waals surface area (Å²) in [5.74, 6) is 0. The van der Waals surface area contributed by atoms with Gasteiger partial charge >= 0.3 is 7.60 Å². The Morgan fingerprint density at radius 1 is 1.54 bits per heavy atom. The lowest BCUT2D eigenvalue weighted by Gasteiger charge is -2.42. The molecule has 0 aromatic heterocycles. The van der Waals surface area contributed by atoms with E-state index in [4.69, 9.17) is 14.8 Å². The molecule has 78 valence electrons. The maximum absolute atomic E-state index is 11.4. The third kappa shape index (κ3) is 2.13. The van der Waals surface area contributed by atoms with Crippen molar-refractivity contribution in [3.8, 4) is 0 Å². The standard InChI is InChI=1S/C8H18NO3P/c1-4-8(5-2)6-11-13(3,10)12-7(8)9/h7H,4-6,9H2,1-3H3. The van der Waals surface area contributed by atoms with Gasteiger partial charge in [-0.05, 0) is 12.8 Å². The summed E-state index contributed by atoms with van der Waals surface area (Å²) in [4.78, 5) is 0. The van der Waals surface area contributed by atoms with Crippen molar-refractivity contribution in [2.45, 2.75) is 32.9 Å². The zero-order valence-corrected chi connectivity index (χ0v) is 9.34. The number of hydrogen-bond acceptors (Lipinski definition) is 4. The van der Waals surface area contributed by atoms with Crippen molar-refractivity contribution in [1.82, 2.24) is 0 Å². The van der Waals surface area contributed by atoms with Gasteiger partial charge in [0, 0.05) is 12.1 Å². The van der Waals surface area contributed by atoms with Crippen molar-refractivity contribution in [1.29, 1.82) is 0 Å². The van der Waals surface area contributed by atoms with Crippen LogP contribution in [-0.4, -0.2) is 19.5 Å². The Bertz CT molecular complexity index is 227. The molecule has 0 aliphatic carbocycles. The molecule has 13 heavy (non-hydrogen) atoms. The Morgan fingerprint density at radius 3 is 2.46 bits per heavy atom. The summed E-state index contributed by atoms with van der Waals surface area (Å²) in [6.07, 6.45) is 1.29. The van der Waals surface area contributed by atoms with Gasteiger partial charge in [0.25, 0.3) is 0 Å². The Hall–Kier alpha value is 0.110. The van der Waals surface area contributed by atoms with Gasteiger partial charge in [-0.25, -0.2) is 0 Å². The lowest BCUT2D eigenvalue weighted by molar-refractivity contribution is -0.0466. The normalized spacial score (nSPS) is 38.9. The van der Waals surface area contributed by atoms with Gasteiger partial charge < -0.3 is 10.3 Å². The summed E-state index contributed by atoms with van der Waals surface area (Å²) in [5, 5.41) is 0. The van der Waals surface area contributed by atoms with E-state index < -0.39 is 13.8 Å². The van der Waals surface area contributed by atoms with E-state index >= 15 is 0 Å². The third-order valence-electron chi connectivity index (χ3n) is 2.90. The first-order valence-corrected chi connectivity index (χ1v) is 6.61. The third-order valence-corrected chi connectivity index (χ3v) is 4.11. The molecule has 2 N–H and O–H groups in total. The second-order valence-electron chi connectivity index (χ2n) is 3.64. The molecule has 0 spiro atoms. The van der Waals surface area contributed by atoms with Crippen molar-refractivity contribution in [3.05, 3.63) is 0 Å². The van der Waals surface area contributed by atoms with Crippen molar-refractivity contribution >= 4 is 7.60 Å². The molecule has 5 heteroatoms. The fraction of sp³-hybridized carbons (Fsp3) is 1.00. The van der Waals surface area contributed by atoms with Gasteiger partial charge in [0.1, 0.15) is 6.23 Å². The highest BCUT2D eigenvalue weighted by Gasteiger charge is 2.43. The molecule has 2 unspecified atom stereocenters. The topological polar surface area (TPSA) is 61.5 Å². The minimum Gasteiger partial charge on any atom is -0.308 e. The van der Waals surface area contributed by atoms with Gasteiger partial charge in [-0.2, -0.15) is 0 Å². The molecule has 0 radical (unpaired) electrons. The van der Waals surface area contributed by atoms with Crippen molar-refractivity contribution in [2.24, 2.45) is 11.1 Å². The number of hydrogen-bond donors (Lipinski definition) is 1. The van der Waals surface area contributed by atoms with Crippen LogP contribution >= 0.6 is 7.60 Å². The summed E-state index contributed by atoms with van der Waals surface area (Å²) in [7, 11) is -2.87. The maximum Gasteiger partial charge on any atom is 0.329 e. The molecule has 4 nitrogen and oxygen atoms in total. The predicted molar refractivity (Wildman–Crippen MR) is 51.6 cm³/mol. The van der Waals surface area contributed by atoms with Crippen LogP contribution in [0.25, 0.3) is 0 Å². The van der Waals surface area contributed by atoms with E-state index in [9.17, 15) is 4.57 Å². The summed E-state index contributed by atoms with van der Waals surface area (Å²) in [6, 6.07) is 0. The van der Waals surface area contributed by atoms with Crippen LogP contribution in [0.2, 0.25) is 0 Å². The predicted octanol–water partition coefficient (Wildman–Crippen LogP) is 1.95. The first kappa shape index (κ1) is 11.2. The monoisotopic (exact) mass is 207 g/mol. The fourth-order valence-corrected chi connectivity index (χ4v) is 2.72. The van der Waals surface area contributed by atoms with Gasteiger partial charge in [-0.1, -0.05) is 13.8 Å². The average Bonchev–Trinajstić information content (AvgIpc) is 2.05. The molecule has 1 rings (SSSR count). The summed E-state index contributed by atoms with van der Waals surface area (Å²) >= 11 is 0. The van der Waals surface area contributed by atoms with E-state index in [1.807, 2.05) is 13.8 Å². The van der Waals surface area contributed by atoms with Crippen molar-refractivity contribution in [3.63, 3.8) is 0 Å². The van der Waals surface area contributed by atoms with Crippen LogP contribution in [0.15, 0.2) is 0 Å². The molecule has 0 aromatic carbocycles. The molecule has 2 atom stereocenters. The van der Waals surface area contributed by atoms with Gasteiger partial charge in [-0.15, -0.1) is 0 Å². The van der Waals surface area contributed by atoms with Crippen LogP contribution < -0.4 is 5.73 Å². The first-order valence-electron chi connectivity index (χ1n) is 4.62. The van der Waals surface area contributed by atoms with E-state index in [1.165, 1.54) is 6.66 Å². The van der Waals surface area contributed by atoms with Crippen molar-refractivity contribution in [2.75, 3.05) is 13.3 Å². The van der Waals surface area contributed by atoms with E-state index in [2.05, 4.69) is 0 Å². The summed E-state index contributed by atoms with van der Waals surface area (Å²) in [5.41, 5.74) is 5.67. The highest BCUT2D eigenvalue weighted by molar-refractivity contribution is 7.53. The van der Waals surface area contributed by atoms with Gasteiger partial charge in [-0.3, -0.25) is 9.09 Å². The van der Waals surface area contributed by atoms with Crippen LogP contribution in [0, 0.1) is 5.41 Å². The van der Waals surface area contributed by atoms with Crippen LogP contribution in [0.1, 0.15) is 26.7 Å². The van der Waals surface area contributed by atoms with Crippen LogP contribution in [0.3, 0.4) is 0 Å². The minimum atomic E-state index is -2.87. The summed E-state index contributed by atoms with van der Waals surface area (Å²) in [6.45, 7) is 5.99. The minimum absolute atomic E-state index is 0.163.